The largest absolute Gasteiger partial charge is 0.347 e. The summed E-state index contributed by atoms with van der Waals surface area (Å²) in [7, 11) is 0. The minimum atomic E-state index is -0.780. The molecular formula is C20H29N5O3. The fraction of sp³-hybridized carbons (Fsp3) is 0.650. The molecule has 2 fully saturated rings. The zero-order chi connectivity index (χ0) is 20.5. The lowest BCUT2D eigenvalue weighted by Crippen LogP contribution is -2.80. The van der Waals surface area contributed by atoms with Crippen LogP contribution in [0.2, 0.25) is 0 Å². The molecule has 1 aromatic heterocycles. The quantitative estimate of drug-likeness (QED) is 0.738. The summed E-state index contributed by atoms with van der Waals surface area (Å²) in [6, 6.07) is 0.966. The molecule has 3 amide bonds. The molecule has 8 heteroatoms. The van der Waals surface area contributed by atoms with Crippen LogP contribution in [0.4, 0.5) is 0 Å². The van der Waals surface area contributed by atoms with Crippen molar-refractivity contribution in [2.75, 3.05) is 6.54 Å². The summed E-state index contributed by atoms with van der Waals surface area (Å²) in [6.45, 7) is 8.37. The van der Waals surface area contributed by atoms with Gasteiger partial charge in [-0.2, -0.15) is 0 Å². The van der Waals surface area contributed by atoms with Gasteiger partial charge in [-0.25, -0.2) is 9.97 Å². The molecule has 0 radical (unpaired) electrons. The van der Waals surface area contributed by atoms with E-state index in [-0.39, 0.29) is 36.2 Å². The van der Waals surface area contributed by atoms with Gasteiger partial charge in [-0.15, -0.1) is 0 Å². The van der Waals surface area contributed by atoms with Crippen molar-refractivity contribution in [1.82, 2.24) is 25.1 Å². The number of rotatable bonds is 6. The highest BCUT2D eigenvalue weighted by atomic mass is 16.2. The van der Waals surface area contributed by atoms with Crippen molar-refractivity contribution in [3.8, 4) is 0 Å². The maximum Gasteiger partial charge on any atom is 0.251 e. The first-order valence-electron chi connectivity index (χ1n) is 10.0. The van der Waals surface area contributed by atoms with Crippen molar-refractivity contribution in [3.05, 3.63) is 24.3 Å². The van der Waals surface area contributed by atoms with Gasteiger partial charge >= 0.3 is 0 Å². The molecule has 8 nitrogen and oxygen atoms in total. The number of hydrogen-bond acceptors (Lipinski definition) is 5. The van der Waals surface area contributed by atoms with E-state index in [9.17, 15) is 14.4 Å². The van der Waals surface area contributed by atoms with E-state index in [1.54, 1.807) is 28.3 Å². The maximum atomic E-state index is 13.2. The molecule has 0 aliphatic carbocycles. The fourth-order valence-electron chi connectivity index (χ4n) is 4.48. The van der Waals surface area contributed by atoms with Crippen LogP contribution < -0.4 is 5.32 Å². The van der Waals surface area contributed by atoms with Gasteiger partial charge in [0.15, 0.2) is 0 Å². The molecule has 0 aromatic carbocycles. The predicted molar refractivity (Wildman–Crippen MR) is 103 cm³/mol. The lowest BCUT2D eigenvalue weighted by Gasteiger charge is -2.58. The highest BCUT2D eigenvalue weighted by Crippen LogP contribution is 2.46. The number of likely N-dealkylation sites (tertiary alicyclic amines) is 2. The number of carbonyl (C=O) groups excluding carboxylic acids is 3. The van der Waals surface area contributed by atoms with Crippen molar-refractivity contribution in [3.63, 3.8) is 0 Å². The topological polar surface area (TPSA) is 95.5 Å². The average Bonchev–Trinajstić information content (AvgIpc) is 3.17. The number of hydrogen-bond donors (Lipinski definition) is 1. The Labute approximate surface area is 165 Å². The second kappa shape index (κ2) is 7.85. The van der Waals surface area contributed by atoms with Gasteiger partial charge in [0.1, 0.15) is 17.4 Å². The van der Waals surface area contributed by atoms with Crippen molar-refractivity contribution in [2.45, 2.75) is 71.1 Å². The minimum absolute atomic E-state index is 0.0103. The van der Waals surface area contributed by atoms with E-state index in [1.165, 1.54) is 0 Å². The zero-order valence-electron chi connectivity index (χ0n) is 17.0. The molecule has 0 bridgehead atoms. The van der Waals surface area contributed by atoms with E-state index in [0.29, 0.717) is 25.2 Å². The summed E-state index contributed by atoms with van der Waals surface area (Å²) >= 11 is 0. The van der Waals surface area contributed by atoms with Gasteiger partial charge in [0.25, 0.3) is 5.91 Å². The Morgan fingerprint density at radius 3 is 2.57 bits per heavy atom. The van der Waals surface area contributed by atoms with Gasteiger partial charge in [-0.05, 0) is 32.3 Å². The van der Waals surface area contributed by atoms with Gasteiger partial charge in [0, 0.05) is 24.9 Å². The Hall–Kier alpha value is -2.51. The molecular weight excluding hydrogens is 358 g/mol. The summed E-state index contributed by atoms with van der Waals surface area (Å²) in [4.78, 5) is 50.2. The molecule has 3 unspecified atom stereocenters. The minimum Gasteiger partial charge on any atom is -0.347 e. The molecule has 3 rings (SSSR count). The summed E-state index contributed by atoms with van der Waals surface area (Å²) in [5, 5.41) is 2.83. The van der Waals surface area contributed by atoms with Crippen LogP contribution in [0.1, 0.15) is 52.8 Å². The van der Waals surface area contributed by atoms with Crippen LogP contribution in [-0.4, -0.2) is 61.7 Å². The van der Waals surface area contributed by atoms with E-state index in [4.69, 9.17) is 0 Å². The zero-order valence-corrected chi connectivity index (χ0v) is 17.0. The molecule has 28 heavy (non-hydrogen) atoms. The number of carbonyl (C=O) groups is 3. The number of amides is 3. The number of β-lactam (4-membered cyclic amide) rings is 1. The first-order chi connectivity index (χ1) is 13.3. The second-order valence-corrected chi connectivity index (χ2v) is 7.87. The van der Waals surface area contributed by atoms with Gasteiger partial charge in [0.05, 0.1) is 12.6 Å². The van der Waals surface area contributed by atoms with Crippen LogP contribution in [-0.2, 0) is 20.9 Å². The van der Waals surface area contributed by atoms with Crippen molar-refractivity contribution in [2.24, 2.45) is 5.92 Å². The average molecular weight is 387 g/mol. The summed E-state index contributed by atoms with van der Waals surface area (Å²) < 4.78 is 0. The molecule has 1 spiro atoms. The molecule has 1 aromatic rings. The molecule has 3 atom stereocenters. The molecule has 0 saturated carbocycles. The van der Waals surface area contributed by atoms with Crippen LogP contribution in [0.3, 0.4) is 0 Å². The van der Waals surface area contributed by atoms with E-state index in [1.807, 2.05) is 27.7 Å². The number of aromatic nitrogens is 2. The maximum absolute atomic E-state index is 13.2. The Kier molecular flexibility index (Phi) is 5.67. The summed E-state index contributed by atoms with van der Waals surface area (Å²) in [6.07, 6.45) is 5.23. The smallest absolute Gasteiger partial charge is 0.251 e. The Bertz CT molecular complexity index is 753. The molecule has 2 aliphatic rings. The first-order valence-corrected chi connectivity index (χ1v) is 10.0. The second-order valence-electron chi connectivity index (χ2n) is 7.87. The van der Waals surface area contributed by atoms with Crippen molar-refractivity contribution >= 4 is 17.7 Å². The SMILES string of the molecule is CCC(C(=O)NCc1ncccn1)N1C(=O)C2(CCCN2C(=O)C(C)C)C1C. The molecule has 152 valence electrons. The van der Waals surface area contributed by atoms with E-state index < -0.39 is 11.6 Å². The third kappa shape index (κ3) is 3.14. The predicted octanol–water partition coefficient (Wildman–Crippen LogP) is 1.12. The number of nitrogens with zero attached hydrogens (tertiary/aromatic N) is 4. The fourth-order valence-corrected chi connectivity index (χ4v) is 4.48. The Morgan fingerprint density at radius 2 is 2.00 bits per heavy atom. The molecule has 1 N–H and O–H groups in total. The van der Waals surface area contributed by atoms with Crippen LogP contribution in [0.5, 0.6) is 0 Å². The molecule has 3 heterocycles. The number of nitrogens with one attached hydrogen (secondary N) is 1. The van der Waals surface area contributed by atoms with Crippen molar-refractivity contribution < 1.29 is 14.4 Å². The van der Waals surface area contributed by atoms with Crippen LogP contribution in [0.25, 0.3) is 0 Å². The highest BCUT2D eigenvalue weighted by Gasteiger charge is 2.66. The lowest BCUT2D eigenvalue weighted by molar-refractivity contribution is -0.184. The summed E-state index contributed by atoms with van der Waals surface area (Å²) in [5.41, 5.74) is -0.780. The van der Waals surface area contributed by atoms with E-state index in [2.05, 4.69) is 15.3 Å². The highest BCUT2D eigenvalue weighted by molar-refractivity contribution is 6.01. The van der Waals surface area contributed by atoms with E-state index in [0.717, 1.165) is 6.42 Å². The summed E-state index contributed by atoms with van der Waals surface area (Å²) in [5.74, 6) is 0.0556. The third-order valence-corrected chi connectivity index (χ3v) is 5.96. The molecule has 2 saturated heterocycles. The van der Waals surface area contributed by atoms with Crippen molar-refractivity contribution in [1.29, 1.82) is 0 Å². The normalized spacial score (nSPS) is 25.2. The first kappa shape index (κ1) is 20.2. The van der Waals surface area contributed by atoms with Gasteiger partial charge in [-0.1, -0.05) is 20.8 Å². The third-order valence-electron chi connectivity index (χ3n) is 5.96. The standard InChI is InChI=1S/C20H29N5O3/c1-5-15(17(26)23-12-16-21-9-7-10-22-16)25-14(4)20(19(25)28)8-6-11-24(20)18(27)13(2)3/h7,9-10,13-15H,5-6,8,11-12H2,1-4H3,(H,23,26). The Morgan fingerprint density at radius 1 is 1.32 bits per heavy atom. The van der Waals surface area contributed by atoms with Gasteiger partial charge in [0.2, 0.25) is 11.8 Å². The monoisotopic (exact) mass is 387 g/mol. The van der Waals surface area contributed by atoms with Crippen LogP contribution in [0, 0.1) is 5.92 Å². The van der Waals surface area contributed by atoms with Gasteiger partial charge in [-0.3, -0.25) is 14.4 Å². The lowest BCUT2D eigenvalue weighted by atomic mass is 9.75. The van der Waals surface area contributed by atoms with Gasteiger partial charge < -0.3 is 15.1 Å². The molecule has 2 aliphatic heterocycles. The van der Waals surface area contributed by atoms with E-state index >= 15 is 0 Å². The Balaban J connectivity index is 1.72. The van der Waals surface area contributed by atoms with Crippen LogP contribution in [0.15, 0.2) is 18.5 Å². The van der Waals surface area contributed by atoms with Crippen LogP contribution >= 0.6 is 0 Å².